The van der Waals surface area contributed by atoms with Gasteiger partial charge in [-0.05, 0) is 25.5 Å². The van der Waals surface area contributed by atoms with Crippen molar-refractivity contribution in [3.63, 3.8) is 0 Å². The van der Waals surface area contributed by atoms with Gasteiger partial charge in [-0.1, -0.05) is 18.2 Å². The molecule has 0 aromatic carbocycles. The zero-order chi connectivity index (χ0) is 6.69. The molecular formula is C8H13N. The molecule has 1 heterocycles. The van der Waals surface area contributed by atoms with E-state index >= 15 is 0 Å². The van der Waals surface area contributed by atoms with Gasteiger partial charge in [0.1, 0.15) is 0 Å². The van der Waals surface area contributed by atoms with Crippen LogP contribution in [-0.4, -0.2) is 13.1 Å². The van der Waals surface area contributed by atoms with Crippen molar-refractivity contribution in [3.8, 4) is 0 Å². The highest BCUT2D eigenvalue weighted by Crippen LogP contribution is 2.11. The van der Waals surface area contributed by atoms with Gasteiger partial charge in [0.25, 0.3) is 0 Å². The van der Waals surface area contributed by atoms with Crippen molar-refractivity contribution >= 4 is 0 Å². The number of hydrogen-bond donors (Lipinski definition) is 1. The first kappa shape index (κ1) is 6.56. The molecule has 0 spiro atoms. The van der Waals surface area contributed by atoms with Crippen LogP contribution in [0.5, 0.6) is 0 Å². The summed E-state index contributed by atoms with van der Waals surface area (Å²) in [4.78, 5) is 0. The molecule has 1 N–H and O–H groups in total. The van der Waals surface area contributed by atoms with Gasteiger partial charge < -0.3 is 5.32 Å². The smallest absolute Gasteiger partial charge is 0.0204 e. The molecule has 0 saturated heterocycles. The molecule has 9 heavy (non-hydrogen) atoms. The third kappa shape index (κ3) is 1.42. The van der Waals surface area contributed by atoms with Crippen LogP contribution < -0.4 is 5.32 Å². The van der Waals surface area contributed by atoms with E-state index in [9.17, 15) is 0 Å². The molecule has 1 aliphatic rings. The SMILES string of the molecule is C=CC1=C(C)CCNC1. The highest BCUT2D eigenvalue weighted by atomic mass is 14.9. The monoisotopic (exact) mass is 123 g/mol. The highest BCUT2D eigenvalue weighted by molar-refractivity contribution is 5.26. The first-order chi connectivity index (χ1) is 4.34. The molecule has 0 aromatic heterocycles. The Kier molecular flexibility index (Phi) is 2.06. The van der Waals surface area contributed by atoms with Crippen molar-refractivity contribution in [1.29, 1.82) is 0 Å². The molecule has 0 atom stereocenters. The number of nitrogens with one attached hydrogen (secondary N) is 1. The van der Waals surface area contributed by atoms with Crippen LogP contribution in [0.4, 0.5) is 0 Å². The van der Waals surface area contributed by atoms with Gasteiger partial charge in [0.15, 0.2) is 0 Å². The van der Waals surface area contributed by atoms with E-state index in [1.165, 1.54) is 17.6 Å². The van der Waals surface area contributed by atoms with Gasteiger partial charge in [0, 0.05) is 6.54 Å². The summed E-state index contributed by atoms with van der Waals surface area (Å²) in [5.41, 5.74) is 2.87. The fourth-order valence-electron chi connectivity index (χ4n) is 1.06. The largest absolute Gasteiger partial charge is 0.312 e. The van der Waals surface area contributed by atoms with E-state index in [2.05, 4.69) is 18.8 Å². The normalized spacial score (nSPS) is 20.1. The van der Waals surface area contributed by atoms with E-state index in [0.717, 1.165) is 13.1 Å². The van der Waals surface area contributed by atoms with Crippen LogP contribution in [-0.2, 0) is 0 Å². The molecule has 0 aromatic rings. The Morgan fingerprint density at radius 3 is 2.89 bits per heavy atom. The summed E-state index contributed by atoms with van der Waals surface area (Å²) < 4.78 is 0. The minimum atomic E-state index is 1.01. The molecular weight excluding hydrogens is 110 g/mol. The summed E-state index contributed by atoms with van der Waals surface area (Å²) in [6.07, 6.45) is 3.13. The molecule has 0 fully saturated rings. The Bertz CT molecular complexity index is 145. The molecule has 0 bridgehead atoms. The maximum Gasteiger partial charge on any atom is 0.0204 e. The lowest BCUT2D eigenvalue weighted by Gasteiger charge is -2.15. The maximum absolute atomic E-state index is 3.74. The molecule has 1 aliphatic heterocycles. The third-order valence-corrected chi connectivity index (χ3v) is 1.79. The van der Waals surface area contributed by atoms with Gasteiger partial charge in [-0.3, -0.25) is 0 Å². The summed E-state index contributed by atoms with van der Waals surface area (Å²) in [7, 11) is 0. The Morgan fingerprint density at radius 2 is 2.44 bits per heavy atom. The van der Waals surface area contributed by atoms with Gasteiger partial charge in [0.05, 0.1) is 0 Å². The standard InChI is InChI=1S/C8H13N/c1-3-8-6-9-5-4-7(8)2/h3,9H,1,4-6H2,2H3. The first-order valence-corrected chi connectivity index (χ1v) is 3.36. The van der Waals surface area contributed by atoms with Crippen molar-refractivity contribution in [3.05, 3.63) is 23.8 Å². The highest BCUT2D eigenvalue weighted by Gasteiger charge is 2.03. The van der Waals surface area contributed by atoms with E-state index in [0.29, 0.717) is 0 Å². The molecule has 50 valence electrons. The van der Waals surface area contributed by atoms with Crippen LogP contribution in [0, 0.1) is 0 Å². The topological polar surface area (TPSA) is 12.0 Å². The van der Waals surface area contributed by atoms with Gasteiger partial charge in [0.2, 0.25) is 0 Å². The number of hydrogen-bond acceptors (Lipinski definition) is 1. The van der Waals surface area contributed by atoms with Crippen LogP contribution in [0.15, 0.2) is 23.8 Å². The lowest BCUT2D eigenvalue weighted by atomic mass is 10.0. The molecule has 1 rings (SSSR count). The molecule has 1 nitrogen and oxygen atoms in total. The molecule has 1 heteroatoms. The zero-order valence-corrected chi connectivity index (χ0v) is 5.91. The third-order valence-electron chi connectivity index (χ3n) is 1.79. The lowest BCUT2D eigenvalue weighted by Crippen LogP contribution is -2.23. The van der Waals surface area contributed by atoms with Crippen LogP contribution in [0.1, 0.15) is 13.3 Å². The summed E-state index contributed by atoms with van der Waals surface area (Å²) in [6, 6.07) is 0. The van der Waals surface area contributed by atoms with Crippen LogP contribution >= 0.6 is 0 Å². The summed E-state index contributed by atoms with van der Waals surface area (Å²) in [6.45, 7) is 8.05. The van der Waals surface area contributed by atoms with Crippen molar-refractivity contribution in [2.24, 2.45) is 0 Å². The fourth-order valence-corrected chi connectivity index (χ4v) is 1.06. The van der Waals surface area contributed by atoms with Crippen molar-refractivity contribution < 1.29 is 0 Å². The summed E-state index contributed by atoms with van der Waals surface area (Å²) in [5.74, 6) is 0. The second kappa shape index (κ2) is 2.83. The average Bonchev–Trinajstić information content (AvgIpc) is 1.89. The van der Waals surface area contributed by atoms with E-state index in [-0.39, 0.29) is 0 Å². The Morgan fingerprint density at radius 1 is 1.67 bits per heavy atom. The van der Waals surface area contributed by atoms with Crippen molar-refractivity contribution in [1.82, 2.24) is 5.32 Å². The van der Waals surface area contributed by atoms with Gasteiger partial charge in [-0.25, -0.2) is 0 Å². The van der Waals surface area contributed by atoms with Crippen LogP contribution in [0.25, 0.3) is 0 Å². The fraction of sp³-hybridized carbons (Fsp3) is 0.500. The van der Waals surface area contributed by atoms with Gasteiger partial charge in [-0.15, -0.1) is 0 Å². The average molecular weight is 123 g/mol. The molecule has 0 saturated carbocycles. The second-order valence-corrected chi connectivity index (χ2v) is 2.44. The number of rotatable bonds is 1. The Labute approximate surface area is 56.5 Å². The Hall–Kier alpha value is -0.560. The predicted octanol–water partition coefficient (Wildman–Crippen LogP) is 1.48. The van der Waals surface area contributed by atoms with Crippen molar-refractivity contribution in [2.45, 2.75) is 13.3 Å². The van der Waals surface area contributed by atoms with Crippen LogP contribution in [0.2, 0.25) is 0 Å². The zero-order valence-electron chi connectivity index (χ0n) is 5.91. The molecule has 0 radical (unpaired) electrons. The molecule has 0 aliphatic carbocycles. The maximum atomic E-state index is 3.74. The quantitative estimate of drug-likeness (QED) is 0.557. The Balaban J connectivity index is 2.70. The summed E-state index contributed by atoms with van der Waals surface area (Å²) in [5, 5.41) is 3.29. The first-order valence-electron chi connectivity index (χ1n) is 3.36. The van der Waals surface area contributed by atoms with Gasteiger partial charge >= 0.3 is 0 Å². The second-order valence-electron chi connectivity index (χ2n) is 2.44. The van der Waals surface area contributed by atoms with Crippen molar-refractivity contribution in [2.75, 3.05) is 13.1 Å². The van der Waals surface area contributed by atoms with E-state index in [1.807, 2.05) is 6.08 Å². The van der Waals surface area contributed by atoms with E-state index < -0.39 is 0 Å². The molecule has 0 unspecified atom stereocenters. The predicted molar refractivity (Wildman–Crippen MR) is 40.4 cm³/mol. The summed E-state index contributed by atoms with van der Waals surface area (Å²) >= 11 is 0. The molecule has 0 amide bonds. The minimum Gasteiger partial charge on any atom is -0.312 e. The minimum absolute atomic E-state index is 1.01. The van der Waals surface area contributed by atoms with E-state index in [4.69, 9.17) is 0 Å². The van der Waals surface area contributed by atoms with Gasteiger partial charge in [-0.2, -0.15) is 0 Å². The lowest BCUT2D eigenvalue weighted by molar-refractivity contribution is 0.686. The van der Waals surface area contributed by atoms with Crippen LogP contribution in [0.3, 0.4) is 0 Å². The van der Waals surface area contributed by atoms with E-state index in [1.54, 1.807) is 0 Å².